The van der Waals surface area contributed by atoms with Gasteiger partial charge in [-0.3, -0.25) is 4.79 Å². The van der Waals surface area contributed by atoms with Crippen molar-refractivity contribution in [2.45, 2.75) is 64.6 Å². The molecule has 3 rings (SSSR count). The van der Waals surface area contributed by atoms with E-state index in [2.05, 4.69) is 49.7 Å². The Balaban J connectivity index is 1.95. The predicted octanol–water partition coefficient (Wildman–Crippen LogP) is 5.44. The largest absolute Gasteiger partial charge is 0.508 e. The monoisotopic (exact) mass is 450 g/mol. The lowest BCUT2D eigenvalue weighted by Gasteiger charge is -2.58. The van der Waals surface area contributed by atoms with Gasteiger partial charge in [0.25, 0.3) is 0 Å². The van der Waals surface area contributed by atoms with E-state index in [1.807, 2.05) is 0 Å². The third kappa shape index (κ3) is 3.58. The summed E-state index contributed by atoms with van der Waals surface area (Å²) >= 11 is 3.90. The van der Waals surface area contributed by atoms with Crippen LogP contribution in [0.1, 0.15) is 58.1 Å². The first kappa shape index (κ1) is 21.2. The minimum Gasteiger partial charge on any atom is -0.508 e. The van der Waals surface area contributed by atoms with Gasteiger partial charge in [-0.2, -0.15) is 0 Å². The number of fused-ring (bicyclic) bond motifs is 1. The van der Waals surface area contributed by atoms with Crippen molar-refractivity contribution in [1.29, 1.82) is 0 Å². The van der Waals surface area contributed by atoms with Gasteiger partial charge in [0.2, 0.25) is 0 Å². The number of halogens is 1. The summed E-state index contributed by atoms with van der Waals surface area (Å²) in [6, 6.07) is 2.95. The molecule has 28 heavy (non-hydrogen) atoms. The van der Waals surface area contributed by atoms with Crippen LogP contribution in [0.25, 0.3) is 0 Å². The molecule has 4 nitrogen and oxygen atoms in total. The molecule has 0 bridgehead atoms. The van der Waals surface area contributed by atoms with Crippen LogP contribution in [0, 0.1) is 22.7 Å². The van der Waals surface area contributed by atoms with Gasteiger partial charge < -0.3 is 15.3 Å². The van der Waals surface area contributed by atoms with E-state index < -0.39 is 5.97 Å². The first-order valence-corrected chi connectivity index (χ1v) is 10.9. The number of hydrogen-bond acceptors (Lipinski definition) is 3. The van der Waals surface area contributed by atoms with Crippen LogP contribution in [0.3, 0.4) is 0 Å². The predicted molar refractivity (Wildman–Crippen MR) is 114 cm³/mol. The van der Waals surface area contributed by atoms with Gasteiger partial charge in [0.05, 0.1) is 6.42 Å². The number of allylic oxidation sites excluding steroid dienone is 2. The number of carboxylic acid groups (broad SMARTS) is 1. The van der Waals surface area contributed by atoms with Crippen molar-refractivity contribution < 1.29 is 20.1 Å². The molecule has 0 amide bonds. The third-order valence-electron chi connectivity index (χ3n) is 7.50. The highest BCUT2D eigenvalue weighted by atomic mass is 79.9. The summed E-state index contributed by atoms with van der Waals surface area (Å²) in [4.78, 5) is 11.5. The third-order valence-corrected chi connectivity index (χ3v) is 9.14. The fourth-order valence-corrected chi connectivity index (χ4v) is 6.30. The average molecular weight is 451 g/mol. The molecule has 0 heterocycles. The molecule has 1 saturated carbocycles. The number of hydrogen-bond donors (Lipinski definition) is 3. The average Bonchev–Trinajstić information content (AvgIpc) is 2.58. The molecule has 0 radical (unpaired) electrons. The second-order valence-electron chi connectivity index (χ2n) is 9.51. The van der Waals surface area contributed by atoms with Gasteiger partial charge in [-0.25, -0.2) is 0 Å². The van der Waals surface area contributed by atoms with Gasteiger partial charge in [-0.15, -0.1) is 0 Å². The van der Waals surface area contributed by atoms with E-state index in [1.165, 1.54) is 11.6 Å². The summed E-state index contributed by atoms with van der Waals surface area (Å²) in [6.45, 7) is 9.26. The zero-order chi connectivity index (χ0) is 20.9. The molecule has 2 aliphatic carbocycles. The molecule has 0 spiro atoms. The summed E-state index contributed by atoms with van der Waals surface area (Å²) in [7, 11) is 0. The van der Waals surface area contributed by atoms with Crippen molar-refractivity contribution >= 4 is 21.9 Å². The Bertz CT molecular complexity index is 813. The molecule has 1 aromatic rings. The number of carbonyl (C=O) groups is 1. The first-order valence-electron chi connectivity index (χ1n) is 10.0. The van der Waals surface area contributed by atoms with Crippen LogP contribution in [0.2, 0.25) is 0 Å². The molecule has 4 atom stereocenters. The van der Waals surface area contributed by atoms with Crippen LogP contribution in [0.4, 0.5) is 0 Å². The van der Waals surface area contributed by atoms with Crippen LogP contribution >= 0.6 is 15.9 Å². The van der Waals surface area contributed by atoms with Crippen molar-refractivity contribution in [3.05, 3.63) is 34.9 Å². The van der Waals surface area contributed by atoms with Gasteiger partial charge in [0.1, 0.15) is 11.5 Å². The first-order chi connectivity index (χ1) is 13.0. The van der Waals surface area contributed by atoms with E-state index in [0.29, 0.717) is 22.7 Å². The Morgan fingerprint density at radius 3 is 2.43 bits per heavy atom. The lowest BCUT2D eigenvalue weighted by atomic mass is 9.48. The molecule has 2 aliphatic rings. The van der Waals surface area contributed by atoms with E-state index in [0.717, 1.165) is 19.3 Å². The molecular formula is C23H31BrO4. The lowest BCUT2D eigenvalue weighted by molar-refractivity contribution is -0.136. The standard InChI is InChI=1S/C23H31BrO4/c1-13-5-6-19-22(2,3)20(24)7-8-23(19,4)16(13)9-14-10-18(26)15(11-17(14)25)12-21(27)28/h5,10-11,16,19-20,25-26H,6-9,12H2,1-4H3,(H,27,28)/t16-,19?,20+,23-/m1/s1. The molecule has 1 unspecified atom stereocenters. The van der Waals surface area contributed by atoms with E-state index in [4.69, 9.17) is 5.11 Å². The van der Waals surface area contributed by atoms with Gasteiger partial charge in [-0.05, 0) is 73.0 Å². The highest BCUT2D eigenvalue weighted by Gasteiger charge is 2.54. The summed E-state index contributed by atoms with van der Waals surface area (Å²) in [5, 5.41) is 29.8. The van der Waals surface area contributed by atoms with Gasteiger partial charge in [-0.1, -0.05) is 48.4 Å². The molecule has 1 fully saturated rings. The molecule has 0 aromatic heterocycles. The zero-order valence-electron chi connectivity index (χ0n) is 17.1. The van der Waals surface area contributed by atoms with Crippen molar-refractivity contribution in [3.63, 3.8) is 0 Å². The number of aromatic hydroxyl groups is 2. The van der Waals surface area contributed by atoms with Crippen LogP contribution < -0.4 is 0 Å². The molecule has 154 valence electrons. The SMILES string of the molecule is CC1=CCC2C(C)(C)[C@@H](Br)CC[C@]2(C)[C@@H]1Cc1cc(O)c(CC(=O)O)cc1O. The Morgan fingerprint density at radius 1 is 1.18 bits per heavy atom. The minimum absolute atomic E-state index is 0.0566. The number of aliphatic carboxylic acids is 1. The summed E-state index contributed by atoms with van der Waals surface area (Å²) in [5.74, 6) is -0.201. The smallest absolute Gasteiger partial charge is 0.307 e. The molecule has 3 N–H and O–H groups in total. The summed E-state index contributed by atoms with van der Waals surface area (Å²) < 4.78 is 0. The van der Waals surface area contributed by atoms with Crippen molar-refractivity contribution in [2.24, 2.45) is 22.7 Å². The van der Waals surface area contributed by atoms with E-state index in [9.17, 15) is 15.0 Å². The molecule has 1 aromatic carbocycles. The fraction of sp³-hybridized carbons (Fsp3) is 0.609. The summed E-state index contributed by atoms with van der Waals surface area (Å²) in [6.07, 6.45) is 6.01. The van der Waals surface area contributed by atoms with E-state index >= 15 is 0 Å². The van der Waals surface area contributed by atoms with Crippen LogP contribution in [-0.2, 0) is 17.6 Å². The van der Waals surface area contributed by atoms with E-state index in [-0.39, 0.29) is 40.2 Å². The maximum absolute atomic E-state index is 11.0. The number of benzene rings is 1. The highest BCUT2D eigenvalue weighted by molar-refractivity contribution is 9.09. The number of phenolic OH excluding ortho intramolecular Hbond substituents is 2. The van der Waals surface area contributed by atoms with Crippen molar-refractivity contribution in [3.8, 4) is 11.5 Å². The topological polar surface area (TPSA) is 77.8 Å². The normalized spacial score (nSPS) is 31.8. The zero-order valence-corrected chi connectivity index (χ0v) is 18.7. The second-order valence-corrected chi connectivity index (χ2v) is 10.6. The van der Waals surface area contributed by atoms with E-state index in [1.54, 1.807) is 6.07 Å². The van der Waals surface area contributed by atoms with Gasteiger partial charge in [0, 0.05) is 10.4 Å². The van der Waals surface area contributed by atoms with Crippen LogP contribution in [0.5, 0.6) is 11.5 Å². The maximum atomic E-state index is 11.0. The molecule has 0 aliphatic heterocycles. The minimum atomic E-state index is -1.03. The van der Waals surface area contributed by atoms with Gasteiger partial charge in [0.15, 0.2) is 0 Å². The Morgan fingerprint density at radius 2 is 1.79 bits per heavy atom. The Hall–Kier alpha value is -1.49. The quantitative estimate of drug-likeness (QED) is 0.324. The van der Waals surface area contributed by atoms with Crippen LogP contribution in [0.15, 0.2) is 23.8 Å². The van der Waals surface area contributed by atoms with Crippen molar-refractivity contribution in [1.82, 2.24) is 0 Å². The Labute approximate surface area is 175 Å². The molecule has 5 heteroatoms. The van der Waals surface area contributed by atoms with Gasteiger partial charge >= 0.3 is 5.97 Å². The highest BCUT2D eigenvalue weighted by Crippen LogP contribution is 2.61. The maximum Gasteiger partial charge on any atom is 0.307 e. The second kappa shape index (κ2) is 7.40. The van der Waals surface area contributed by atoms with Crippen molar-refractivity contribution in [2.75, 3.05) is 0 Å². The molecule has 0 saturated heterocycles. The molecular weight excluding hydrogens is 420 g/mol. The number of rotatable bonds is 4. The van der Waals surface area contributed by atoms with Crippen LogP contribution in [-0.4, -0.2) is 26.1 Å². The number of alkyl halides is 1. The fourth-order valence-electron chi connectivity index (χ4n) is 5.75. The lowest BCUT2D eigenvalue weighted by Crippen LogP contribution is -2.52. The Kier molecular flexibility index (Phi) is 5.61. The number of phenols is 2. The number of carboxylic acids is 1. The summed E-state index contributed by atoms with van der Waals surface area (Å²) in [5.41, 5.74) is 2.57.